The molecule has 0 aliphatic rings. The Hall–Kier alpha value is -3.32. The van der Waals surface area contributed by atoms with E-state index in [1.165, 1.54) is 19.2 Å². The van der Waals surface area contributed by atoms with Crippen LogP contribution in [0.1, 0.15) is 27.0 Å². The highest BCUT2D eigenvalue weighted by molar-refractivity contribution is 7.92. The minimum Gasteiger partial charge on any atom is -0.497 e. The number of nitrogens with one attached hydrogen (secondary N) is 1. The summed E-state index contributed by atoms with van der Waals surface area (Å²) in [7, 11) is -2.52. The van der Waals surface area contributed by atoms with Crippen LogP contribution >= 0.6 is 0 Å². The molecule has 6 nitrogen and oxygen atoms in total. The summed E-state index contributed by atoms with van der Waals surface area (Å²) in [4.78, 5) is 11.6. The van der Waals surface area contributed by atoms with Gasteiger partial charge in [-0.1, -0.05) is 42.5 Å². The molecular weight excluding hydrogens is 390 g/mol. The van der Waals surface area contributed by atoms with Gasteiger partial charge in [0.25, 0.3) is 10.0 Å². The lowest BCUT2D eigenvalue weighted by atomic mass is 10.0. The Balaban J connectivity index is 2.07. The number of benzene rings is 3. The number of para-hydroxylation sites is 1. The number of aryl methyl sites for hydroxylation is 1. The van der Waals surface area contributed by atoms with E-state index in [0.29, 0.717) is 23.3 Å². The third kappa shape index (κ3) is 4.57. The van der Waals surface area contributed by atoms with Crippen LogP contribution in [0.3, 0.4) is 0 Å². The number of aromatic carboxylic acids is 1. The monoisotopic (exact) mass is 411 g/mol. The van der Waals surface area contributed by atoms with Crippen molar-refractivity contribution in [3.8, 4) is 5.75 Å². The molecule has 3 rings (SSSR count). The Morgan fingerprint density at radius 2 is 1.76 bits per heavy atom. The van der Waals surface area contributed by atoms with Crippen LogP contribution in [0.25, 0.3) is 0 Å². The third-order valence-corrected chi connectivity index (χ3v) is 5.98. The van der Waals surface area contributed by atoms with E-state index < -0.39 is 16.0 Å². The van der Waals surface area contributed by atoms with Gasteiger partial charge in [-0.3, -0.25) is 4.72 Å². The Labute approximate surface area is 169 Å². The minimum absolute atomic E-state index is 0.0569. The molecule has 0 spiro atoms. The van der Waals surface area contributed by atoms with Crippen molar-refractivity contribution >= 4 is 21.7 Å². The molecule has 0 aromatic heterocycles. The van der Waals surface area contributed by atoms with E-state index >= 15 is 0 Å². The number of anilines is 1. The quantitative estimate of drug-likeness (QED) is 0.611. The topological polar surface area (TPSA) is 92.7 Å². The van der Waals surface area contributed by atoms with Crippen LogP contribution in [-0.4, -0.2) is 26.6 Å². The number of sulfonamides is 1. The highest BCUT2D eigenvalue weighted by atomic mass is 32.2. The van der Waals surface area contributed by atoms with Gasteiger partial charge < -0.3 is 9.84 Å². The van der Waals surface area contributed by atoms with E-state index in [2.05, 4.69) is 4.72 Å². The van der Waals surface area contributed by atoms with Gasteiger partial charge >= 0.3 is 5.97 Å². The molecule has 0 radical (unpaired) electrons. The molecule has 0 saturated heterocycles. The van der Waals surface area contributed by atoms with E-state index in [0.717, 1.165) is 5.56 Å². The van der Waals surface area contributed by atoms with Crippen LogP contribution in [0, 0.1) is 6.92 Å². The van der Waals surface area contributed by atoms with Crippen LogP contribution in [0.15, 0.2) is 71.6 Å². The van der Waals surface area contributed by atoms with Crippen LogP contribution in [0.4, 0.5) is 5.69 Å². The van der Waals surface area contributed by atoms with Gasteiger partial charge in [0.05, 0.1) is 23.3 Å². The normalized spacial score (nSPS) is 11.1. The van der Waals surface area contributed by atoms with Crippen LogP contribution in [-0.2, 0) is 16.4 Å². The third-order valence-electron chi connectivity index (χ3n) is 4.53. The van der Waals surface area contributed by atoms with E-state index in [1.807, 2.05) is 30.3 Å². The predicted molar refractivity (Wildman–Crippen MR) is 111 cm³/mol. The van der Waals surface area contributed by atoms with Gasteiger partial charge in [-0.2, -0.15) is 0 Å². The molecule has 0 atom stereocenters. The second-order valence-corrected chi connectivity index (χ2v) is 8.19. The molecule has 2 N–H and O–H groups in total. The fraction of sp³-hybridized carbons (Fsp3) is 0.136. The summed E-state index contributed by atoms with van der Waals surface area (Å²) >= 11 is 0. The maximum absolute atomic E-state index is 13.2. The summed E-state index contributed by atoms with van der Waals surface area (Å²) in [5, 5.41) is 9.42. The molecule has 7 heteroatoms. The lowest BCUT2D eigenvalue weighted by molar-refractivity contribution is 0.0698. The molecular formula is C22H21NO5S. The number of hydrogen-bond donors (Lipinski definition) is 2. The van der Waals surface area contributed by atoms with Crippen LogP contribution in [0.5, 0.6) is 5.75 Å². The van der Waals surface area contributed by atoms with E-state index in [-0.39, 0.29) is 16.1 Å². The fourth-order valence-corrected chi connectivity index (χ4v) is 4.44. The van der Waals surface area contributed by atoms with Crippen molar-refractivity contribution in [2.24, 2.45) is 0 Å². The summed E-state index contributed by atoms with van der Waals surface area (Å²) in [5.74, 6) is -0.664. The zero-order chi connectivity index (χ0) is 21.0. The van der Waals surface area contributed by atoms with E-state index in [4.69, 9.17) is 4.74 Å². The molecule has 0 saturated carbocycles. The van der Waals surface area contributed by atoms with Crippen molar-refractivity contribution in [1.82, 2.24) is 0 Å². The molecule has 3 aromatic carbocycles. The number of rotatable bonds is 7. The molecule has 29 heavy (non-hydrogen) atoms. The molecule has 3 aromatic rings. The number of methoxy groups -OCH3 is 1. The predicted octanol–water partition coefficient (Wildman–Crippen LogP) is 4.09. The largest absolute Gasteiger partial charge is 0.497 e. The van der Waals surface area contributed by atoms with Crippen LogP contribution in [0.2, 0.25) is 0 Å². The van der Waals surface area contributed by atoms with E-state index in [1.54, 1.807) is 31.2 Å². The van der Waals surface area contributed by atoms with Gasteiger partial charge in [-0.25, -0.2) is 13.2 Å². The van der Waals surface area contributed by atoms with Crippen LogP contribution < -0.4 is 9.46 Å². The zero-order valence-corrected chi connectivity index (χ0v) is 16.9. The number of carboxylic acid groups (broad SMARTS) is 1. The molecule has 0 aliphatic carbocycles. The second kappa shape index (κ2) is 8.36. The Bertz CT molecular complexity index is 1140. The Morgan fingerprint density at radius 3 is 2.41 bits per heavy atom. The van der Waals surface area contributed by atoms with Crippen molar-refractivity contribution in [2.45, 2.75) is 18.2 Å². The van der Waals surface area contributed by atoms with Gasteiger partial charge in [0.1, 0.15) is 5.75 Å². The summed E-state index contributed by atoms with van der Waals surface area (Å²) < 4.78 is 34.1. The summed E-state index contributed by atoms with van der Waals surface area (Å²) in [6.07, 6.45) is 0.383. The zero-order valence-electron chi connectivity index (χ0n) is 16.0. The molecule has 0 fully saturated rings. The molecule has 150 valence electrons. The maximum atomic E-state index is 13.2. The lowest BCUT2D eigenvalue weighted by Crippen LogP contribution is -2.18. The highest BCUT2D eigenvalue weighted by Crippen LogP contribution is 2.29. The first-order valence-electron chi connectivity index (χ1n) is 8.88. The highest BCUT2D eigenvalue weighted by Gasteiger charge is 2.23. The van der Waals surface area contributed by atoms with Gasteiger partial charge in [-0.05, 0) is 54.3 Å². The average Bonchev–Trinajstić information content (AvgIpc) is 2.69. The first-order chi connectivity index (χ1) is 13.8. The molecule has 0 aliphatic heterocycles. The van der Waals surface area contributed by atoms with Gasteiger partial charge in [0, 0.05) is 0 Å². The summed E-state index contributed by atoms with van der Waals surface area (Å²) in [5.41, 5.74) is 1.97. The number of ether oxygens (including phenoxy) is 1. The smallest absolute Gasteiger partial charge is 0.337 e. The second-order valence-electron chi connectivity index (χ2n) is 6.54. The van der Waals surface area contributed by atoms with Crippen molar-refractivity contribution < 1.29 is 23.1 Å². The molecule has 0 bridgehead atoms. The minimum atomic E-state index is -4.04. The lowest BCUT2D eigenvalue weighted by Gasteiger charge is -2.16. The van der Waals surface area contributed by atoms with Crippen molar-refractivity contribution in [3.05, 3.63) is 89.0 Å². The molecule has 0 heterocycles. The number of carbonyl (C=O) groups is 1. The number of hydrogen-bond acceptors (Lipinski definition) is 4. The average molecular weight is 411 g/mol. The van der Waals surface area contributed by atoms with Crippen molar-refractivity contribution in [2.75, 3.05) is 11.8 Å². The standard InChI is InChI=1S/C22H21NO5S/c1-15-7-6-10-19(22(24)25)21(15)23-29(26,27)20-12-11-18(28-2)14-17(20)13-16-8-4-3-5-9-16/h3-12,14,23H,13H2,1-2H3,(H,24,25). The number of carboxylic acids is 1. The summed E-state index contributed by atoms with van der Waals surface area (Å²) in [6, 6.07) is 18.8. The Morgan fingerprint density at radius 1 is 1.03 bits per heavy atom. The van der Waals surface area contributed by atoms with Gasteiger partial charge in [-0.15, -0.1) is 0 Å². The van der Waals surface area contributed by atoms with Crippen molar-refractivity contribution in [3.63, 3.8) is 0 Å². The first-order valence-corrected chi connectivity index (χ1v) is 10.4. The van der Waals surface area contributed by atoms with Crippen molar-refractivity contribution in [1.29, 1.82) is 0 Å². The maximum Gasteiger partial charge on any atom is 0.337 e. The fourth-order valence-electron chi connectivity index (χ4n) is 3.07. The summed E-state index contributed by atoms with van der Waals surface area (Å²) in [6.45, 7) is 1.66. The van der Waals surface area contributed by atoms with Gasteiger partial charge in [0.15, 0.2) is 0 Å². The van der Waals surface area contributed by atoms with E-state index in [9.17, 15) is 18.3 Å². The molecule has 0 unspecified atom stereocenters. The Kier molecular flexibility index (Phi) is 5.89. The first kappa shape index (κ1) is 20.4. The SMILES string of the molecule is COc1ccc(S(=O)(=O)Nc2c(C)cccc2C(=O)O)c(Cc2ccccc2)c1. The van der Waals surface area contributed by atoms with Gasteiger partial charge in [0.2, 0.25) is 0 Å². The molecule has 0 amide bonds.